The van der Waals surface area contributed by atoms with Gasteiger partial charge in [-0.05, 0) is 0 Å². The fourth-order valence-electron chi connectivity index (χ4n) is 0.741. The highest BCUT2D eigenvalue weighted by atomic mass is 16.7. The Morgan fingerprint density at radius 1 is 1.75 bits per heavy atom. The molecule has 2 atom stereocenters. The van der Waals surface area contributed by atoms with Crippen molar-refractivity contribution in [2.24, 2.45) is 0 Å². The first-order valence-electron chi connectivity index (χ1n) is 2.65. The van der Waals surface area contributed by atoms with Crippen molar-refractivity contribution in [3.05, 3.63) is 0 Å². The lowest BCUT2D eigenvalue weighted by Gasteiger charge is -2.03. The van der Waals surface area contributed by atoms with Gasteiger partial charge < -0.3 is 14.6 Å². The van der Waals surface area contributed by atoms with E-state index in [2.05, 4.69) is 0 Å². The molecule has 0 radical (unpaired) electrons. The van der Waals surface area contributed by atoms with Gasteiger partial charge in [0.15, 0.2) is 6.29 Å². The molecule has 1 fully saturated rings. The maximum atomic E-state index is 8.83. The molecular weight excluding hydrogens is 108 g/mol. The fourth-order valence-corrected chi connectivity index (χ4v) is 0.741. The molecule has 1 rings (SSSR count). The van der Waals surface area contributed by atoms with Crippen molar-refractivity contribution in [1.82, 2.24) is 0 Å². The van der Waals surface area contributed by atoms with Crippen LogP contribution in [0, 0.1) is 0 Å². The number of ether oxygens (including phenoxy) is 2. The smallest absolute Gasteiger partial charge is 0.159 e. The second-order valence-corrected chi connectivity index (χ2v) is 1.89. The van der Waals surface area contributed by atoms with Gasteiger partial charge in [-0.15, -0.1) is 0 Å². The van der Waals surface area contributed by atoms with Crippen molar-refractivity contribution >= 4 is 0 Å². The Morgan fingerprint density at radius 3 is 2.75 bits per heavy atom. The van der Waals surface area contributed by atoms with E-state index in [1.807, 2.05) is 0 Å². The Kier molecular flexibility index (Phi) is 1.83. The van der Waals surface area contributed by atoms with Gasteiger partial charge in [-0.2, -0.15) is 0 Å². The molecule has 1 aliphatic rings. The third-order valence-corrected chi connectivity index (χ3v) is 1.20. The maximum Gasteiger partial charge on any atom is 0.159 e. The molecule has 0 aliphatic carbocycles. The SMILES string of the molecule is CO[C@H]1C[C@@H](O)CO1. The molecule has 0 aromatic heterocycles. The lowest BCUT2D eigenvalue weighted by molar-refractivity contribution is -0.0882. The van der Waals surface area contributed by atoms with Crippen molar-refractivity contribution < 1.29 is 14.6 Å². The van der Waals surface area contributed by atoms with Crippen LogP contribution in [0.25, 0.3) is 0 Å². The zero-order chi connectivity index (χ0) is 5.98. The maximum absolute atomic E-state index is 8.83. The summed E-state index contributed by atoms with van der Waals surface area (Å²) in [4.78, 5) is 0. The molecule has 3 heteroatoms. The normalized spacial score (nSPS) is 38.2. The highest BCUT2D eigenvalue weighted by molar-refractivity contribution is 4.64. The van der Waals surface area contributed by atoms with E-state index >= 15 is 0 Å². The monoisotopic (exact) mass is 118 g/mol. The number of hydrogen-bond donors (Lipinski definition) is 1. The number of aliphatic hydroxyl groups is 1. The minimum absolute atomic E-state index is 0.176. The van der Waals surface area contributed by atoms with Crippen molar-refractivity contribution in [2.45, 2.75) is 18.8 Å². The summed E-state index contributed by atoms with van der Waals surface area (Å²) >= 11 is 0. The van der Waals surface area contributed by atoms with Crippen LogP contribution in [0.2, 0.25) is 0 Å². The molecule has 0 aromatic carbocycles. The Bertz CT molecular complexity index is 74.1. The van der Waals surface area contributed by atoms with Gasteiger partial charge in [-0.1, -0.05) is 0 Å². The lowest BCUT2D eigenvalue weighted by Crippen LogP contribution is -2.07. The minimum Gasteiger partial charge on any atom is -0.391 e. The Balaban J connectivity index is 2.22. The molecule has 1 aliphatic heterocycles. The average Bonchev–Trinajstić information content (AvgIpc) is 2.14. The van der Waals surface area contributed by atoms with Gasteiger partial charge >= 0.3 is 0 Å². The molecule has 0 bridgehead atoms. The largest absolute Gasteiger partial charge is 0.391 e. The summed E-state index contributed by atoms with van der Waals surface area (Å²) in [5, 5.41) is 8.83. The van der Waals surface area contributed by atoms with E-state index in [9.17, 15) is 0 Å². The van der Waals surface area contributed by atoms with Gasteiger partial charge in [-0.3, -0.25) is 0 Å². The van der Waals surface area contributed by atoms with Crippen molar-refractivity contribution in [2.75, 3.05) is 13.7 Å². The third-order valence-electron chi connectivity index (χ3n) is 1.20. The van der Waals surface area contributed by atoms with E-state index in [0.29, 0.717) is 13.0 Å². The molecule has 1 heterocycles. The molecule has 1 saturated heterocycles. The molecule has 0 aromatic rings. The number of methoxy groups -OCH3 is 1. The summed E-state index contributed by atoms with van der Waals surface area (Å²) in [6, 6.07) is 0. The average molecular weight is 118 g/mol. The predicted molar refractivity (Wildman–Crippen MR) is 27.4 cm³/mol. The van der Waals surface area contributed by atoms with E-state index in [4.69, 9.17) is 14.6 Å². The van der Waals surface area contributed by atoms with Gasteiger partial charge in [0.1, 0.15) is 0 Å². The van der Waals surface area contributed by atoms with Gasteiger partial charge in [0.25, 0.3) is 0 Å². The number of rotatable bonds is 1. The summed E-state index contributed by atoms with van der Waals surface area (Å²) < 4.78 is 9.74. The molecule has 0 unspecified atom stereocenters. The van der Waals surface area contributed by atoms with Crippen LogP contribution in [0.15, 0.2) is 0 Å². The molecule has 0 spiro atoms. The molecule has 8 heavy (non-hydrogen) atoms. The van der Waals surface area contributed by atoms with Crippen LogP contribution in [-0.2, 0) is 9.47 Å². The predicted octanol–water partition coefficient (Wildman–Crippen LogP) is -0.260. The van der Waals surface area contributed by atoms with Crippen LogP contribution in [0.3, 0.4) is 0 Å². The van der Waals surface area contributed by atoms with Crippen LogP contribution in [0.4, 0.5) is 0 Å². The van der Waals surface area contributed by atoms with E-state index < -0.39 is 0 Å². The van der Waals surface area contributed by atoms with Crippen molar-refractivity contribution in [3.63, 3.8) is 0 Å². The number of aliphatic hydroxyl groups excluding tert-OH is 1. The van der Waals surface area contributed by atoms with Crippen molar-refractivity contribution in [1.29, 1.82) is 0 Å². The Morgan fingerprint density at radius 2 is 2.50 bits per heavy atom. The summed E-state index contributed by atoms with van der Waals surface area (Å²) in [6.45, 7) is 0.415. The summed E-state index contributed by atoms with van der Waals surface area (Å²) in [6.07, 6.45) is 0.112. The molecule has 3 nitrogen and oxygen atoms in total. The second-order valence-electron chi connectivity index (χ2n) is 1.89. The molecule has 1 N–H and O–H groups in total. The summed E-state index contributed by atoms with van der Waals surface area (Å²) in [7, 11) is 1.57. The first-order chi connectivity index (χ1) is 3.83. The topological polar surface area (TPSA) is 38.7 Å². The standard InChI is InChI=1S/C5H10O3/c1-7-5-2-4(6)3-8-5/h4-6H,2-3H2,1H3/t4-,5-/m1/s1. The molecule has 48 valence electrons. The van der Waals surface area contributed by atoms with Gasteiger partial charge in [-0.25, -0.2) is 0 Å². The van der Waals surface area contributed by atoms with Gasteiger partial charge in [0, 0.05) is 13.5 Å². The Labute approximate surface area is 48.2 Å². The third kappa shape index (κ3) is 1.18. The van der Waals surface area contributed by atoms with E-state index in [1.165, 1.54) is 0 Å². The first-order valence-corrected chi connectivity index (χ1v) is 2.65. The van der Waals surface area contributed by atoms with Crippen LogP contribution in [-0.4, -0.2) is 31.2 Å². The fraction of sp³-hybridized carbons (Fsp3) is 1.00. The Hall–Kier alpha value is -0.120. The van der Waals surface area contributed by atoms with Crippen LogP contribution in [0.1, 0.15) is 6.42 Å². The zero-order valence-electron chi connectivity index (χ0n) is 4.83. The summed E-state index contributed by atoms with van der Waals surface area (Å²) in [5.41, 5.74) is 0. The van der Waals surface area contributed by atoms with Crippen LogP contribution in [0.5, 0.6) is 0 Å². The quantitative estimate of drug-likeness (QED) is 0.515. The van der Waals surface area contributed by atoms with E-state index in [0.717, 1.165) is 0 Å². The van der Waals surface area contributed by atoms with Gasteiger partial charge in [0.05, 0.1) is 12.7 Å². The highest BCUT2D eigenvalue weighted by Crippen LogP contribution is 2.12. The van der Waals surface area contributed by atoms with E-state index in [1.54, 1.807) is 7.11 Å². The summed E-state index contributed by atoms with van der Waals surface area (Å²) in [5.74, 6) is 0. The van der Waals surface area contributed by atoms with Crippen molar-refractivity contribution in [3.8, 4) is 0 Å². The zero-order valence-corrected chi connectivity index (χ0v) is 4.83. The van der Waals surface area contributed by atoms with Crippen LogP contribution >= 0.6 is 0 Å². The van der Waals surface area contributed by atoms with Gasteiger partial charge in [0.2, 0.25) is 0 Å². The molecule has 0 amide bonds. The molecule has 0 saturated carbocycles. The second kappa shape index (κ2) is 2.44. The highest BCUT2D eigenvalue weighted by Gasteiger charge is 2.22. The minimum atomic E-state index is -0.319. The van der Waals surface area contributed by atoms with Crippen LogP contribution < -0.4 is 0 Å². The first kappa shape index (κ1) is 6.01. The number of hydrogen-bond acceptors (Lipinski definition) is 3. The molecular formula is C5H10O3. The lowest BCUT2D eigenvalue weighted by atomic mass is 10.3. The van der Waals surface area contributed by atoms with E-state index in [-0.39, 0.29) is 12.4 Å².